The van der Waals surface area contributed by atoms with E-state index in [2.05, 4.69) is 56.1 Å². The van der Waals surface area contributed by atoms with Crippen molar-refractivity contribution in [3.8, 4) is 0 Å². The van der Waals surface area contributed by atoms with Gasteiger partial charge in [0.2, 0.25) is 5.95 Å². The maximum absolute atomic E-state index is 4.82. The van der Waals surface area contributed by atoms with Crippen molar-refractivity contribution in [3.63, 3.8) is 0 Å². The molecule has 1 aromatic carbocycles. The molecule has 3 aromatic rings. The van der Waals surface area contributed by atoms with E-state index in [-0.39, 0.29) is 0 Å². The summed E-state index contributed by atoms with van der Waals surface area (Å²) in [5.74, 6) is 3.33. The minimum atomic E-state index is 0.466. The molecule has 1 unspecified atom stereocenters. The van der Waals surface area contributed by atoms with Crippen LogP contribution in [0.2, 0.25) is 0 Å². The highest BCUT2D eigenvalue weighted by Gasteiger charge is 2.25. The Morgan fingerprint density at radius 3 is 2.59 bits per heavy atom. The molecule has 2 N–H and O–H groups in total. The predicted molar refractivity (Wildman–Crippen MR) is 144 cm³/mol. The Labute approximate surface area is 207 Å². The molecule has 2 fully saturated rings. The Kier molecular flexibility index (Phi) is 7.62. The molecule has 0 bridgehead atoms. The van der Waals surface area contributed by atoms with Crippen molar-refractivity contribution in [1.82, 2.24) is 20.2 Å². The molecule has 3 heterocycles. The van der Waals surface area contributed by atoms with Crippen molar-refractivity contribution in [3.05, 3.63) is 46.7 Å². The number of likely N-dealkylation sites (tertiary alicyclic amines) is 1. The van der Waals surface area contributed by atoms with Gasteiger partial charge in [0.25, 0.3) is 0 Å². The van der Waals surface area contributed by atoms with Gasteiger partial charge in [-0.2, -0.15) is 4.98 Å². The maximum atomic E-state index is 4.82. The van der Waals surface area contributed by atoms with Crippen LogP contribution < -0.4 is 15.5 Å². The molecule has 1 saturated carbocycles. The topological polar surface area (TPSA) is 56.3 Å². The summed E-state index contributed by atoms with van der Waals surface area (Å²) in [7, 11) is 4.09. The molecular weight excluding hydrogens is 440 g/mol. The quantitative estimate of drug-likeness (QED) is 0.459. The van der Waals surface area contributed by atoms with E-state index < -0.39 is 0 Å². The van der Waals surface area contributed by atoms with Crippen LogP contribution in [0.3, 0.4) is 0 Å². The van der Waals surface area contributed by atoms with Crippen molar-refractivity contribution in [2.45, 2.75) is 44.7 Å². The Balaban J connectivity index is 1.04. The summed E-state index contributed by atoms with van der Waals surface area (Å²) in [6, 6.07) is 13.2. The average Bonchev–Trinajstić information content (AvgIpc) is 3.52. The number of aromatic nitrogens is 2. The molecular formula is C27H38N6S. The molecule has 0 radical (unpaired) electrons. The Morgan fingerprint density at radius 2 is 1.79 bits per heavy atom. The van der Waals surface area contributed by atoms with Gasteiger partial charge in [-0.25, -0.2) is 4.98 Å². The number of hydrogen-bond donors (Lipinski definition) is 2. The summed E-state index contributed by atoms with van der Waals surface area (Å²) >= 11 is 1.88. The number of anilines is 2. The van der Waals surface area contributed by atoms with Crippen LogP contribution in [-0.2, 0) is 6.54 Å². The SMILES string of the molecule is CN(C)c1nc(N[C@H]2CC[C@@H](CNCC3CCN(Cc4cccs4)C3)CC2)nc2ccccc12. The second-order valence-electron chi connectivity index (χ2n) is 10.3. The van der Waals surface area contributed by atoms with Crippen molar-refractivity contribution in [1.29, 1.82) is 0 Å². The molecule has 34 heavy (non-hydrogen) atoms. The third-order valence-electron chi connectivity index (χ3n) is 7.38. The largest absolute Gasteiger partial charge is 0.362 e. The fourth-order valence-electron chi connectivity index (χ4n) is 5.50. The molecule has 1 saturated heterocycles. The summed E-state index contributed by atoms with van der Waals surface area (Å²) in [5, 5.41) is 10.7. The van der Waals surface area contributed by atoms with E-state index >= 15 is 0 Å². The van der Waals surface area contributed by atoms with E-state index in [0.29, 0.717) is 6.04 Å². The standard InChI is InChI=1S/C27H38N6S/c1-32(2)26-24-7-3-4-8-25(24)30-27(31-26)29-22-11-9-20(10-12-22)16-28-17-21-13-14-33(18-21)19-23-6-5-15-34-23/h3-8,15,20-22,28H,9-14,16-19H2,1-2H3,(H,29,30,31)/t20-,21?,22+. The second-order valence-corrected chi connectivity index (χ2v) is 11.3. The third kappa shape index (κ3) is 5.88. The fraction of sp³-hybridized carbons (Fsp3) is 0.556. The molecule has 1 atom stereocenters. The lowest BCUT2D eigenvalue weighted by molar-refractivity contribution is 0.302. The van der Waals surface area contributed by atoms with Crippen LogP contribution in [0, 0.1) is 11.8 Å². The highest BCUT2D eigenvalue weighted by Crippen LogP contribution is 2.28. The Morgan fingerprint density at radius 1 is 0.971 bits per heavy atom. The zero-order chi connectivity index (χ0) is 23.3. The van der Waals surface area contributed by atoms with E-state index in [1.807, 2.05) is 31.5 Å². The second kappa shape index (κ2) is 11.0. The molecule has 2 aromatic heterocycles. The van der Waals surface area contributed by atoms with E-state index in [4.69, 9.17) is 9.97 Å². The third-order valence-corrected chi connectivity index (χ3v) is 8.24. The fourth-order valence-corrected chi connectivity index (χ4v) is 6.24. The summed E-state index contributed by atoms with van der Waals surface area (Å²) in [6.45, 7) is 5.93. The average molecular weight is 479 g/mol. The molecule has 1 aliphatic carbocycles. The van der Waals surface area contributed by atoms with Gasteiger partial charge in [-0.3, -0.25) is 4.90 Å². The van der Waals surface area contributed by atoms with E-state index in [0.717, 1.165) is 54.1 Å². The van der Waals surface area contributed by atoms with Crippen LogP contribution in [-0.4, -0.2) is 61.2 Å². The highest BCUT2D eigenvalue weighted by molar-refractivity contribution is 7.09. The number of fused-ring (bicyclic) bond motifs is 1. The van der Waals surface area contributed by atoms with Gasteiger partial charge in [0.05, 0.1) is 5.52 Å². The number of thiophene rings is 1. The molecule has 1 aliphatic heterocycles. The number of para-hydroxylation sites is 1. The molecule has 5 rings (SSSR count). The lowest BCUT2D eigenvalue weighted by Crippen LogP contribution is -2.34. The van der Waals surface area contributed by atoms with Crippen LogP contribution in [0.1, 0.15) is 37.0 Å². The van der Waals surface area contributed by atoms with Gasteiger partial charge in [0.15, 0.2) is 0 Å². The van der Waals surface area contributed by atoms with E-state index in [1.54, 1.807) is 0 Å². The number of rotatable bonds is 9. The maximum Gasteiger partial charge on any atom is 0.225 e. The number of nitrogens with zero attached hydrogens (tertiary/aromatic N) is 4. The molecule has 0 amide bonds. The van der Waals surface area contributed by atoms with Crippen LogP contribution >= 0.6 is 11.3 Å². The number of hydrogen-bond acceptors (Lipinski definition) is 7. The van der Waals surface area contributed by atoms with E-state index in [1.165, 1.54) is 50.1 Å². The monoisotopic (exact) mass is 478 g/mol. The summed E-state index contributed by atoms with van der Waals surface area (Å²) in [5.41, 5.74) is 1.00. The zero-order valence-corrected chi connectivity index (χ0v) is 21.4. The van der Waals surface area contributed by atoms with Crippen LogP contribution in [0.4, 0.5) is 11.8 Å². The van der Waals surface area contributed by atoms with Crippen LogP contribution in [0.25, 0.3) is 10.9 Å². The lowest BCUT2D eigenvalue weighted by Gasteiger charge is -2.30. The Hall–Kier alpha value is -2.22. The smallest absolute Gasteiger partial charge is 0.225 e. The van der Waals surface area contributed by atoms with Crippen molar-refractivity contribution >= 4 is 34.0 Å². The van der Waals surface area contributed by atoms with Gasteiger partial charge in [0, 0.05) is 43.5 Å². The first-order valence-electron chi connectivity index (χ1n) is 12.8. The highest BCUT2D eigenvalue weighted by atomic mass is 32.1. The first-order chi connectivity index (χ1) is 16.6. The minimum absolute atomic E-state index is 0.466. The summed E-state index contributed by atoms with van der Waals surface area (Å²) < 4.78 is 0. The Bertz CT molecular complexity index is 1040. The first kappa shape index (κ1) is 23.5. The van der Waals surface area contributed by atoms with Crippen molar-refractivity contribution < 1.29 is 0 Å². The first-order valence-corrected chi connectivity index (χ1v) is 13.7. The van der Waals surface area contributed by atoms with Gasteiger partial charge in [0.1, 0.15) is 5.82 Å². The van der Waals surface area contributed by atoms with Gasteiger partial charge in [-0.1, -0.05) is 18.2 Å². The van der Waals surface area contributed by atoms with Gasteiger partial charge < -0.3 is 15.5 Å². The van der Waals surface area contributed by atoms with Crippen molar-refractivity contribution in [2.75, 3.05) is 50.5 Å². The molecule has 6 nitrogen and oxygen atoms in total. The van der Waals surface area contributed by atoms with Crippen LogP contribution in [0.5, 0.6) is 0 Å². The summed E-state index contributed by atoms with van der Waals surface area (Å²) in [6.07, 6.45) is 6.26. The number of nitrogens with one attached hydrogen (secondary N) is 2. The van der Waals surface area contributed by atoms with Gasteiger partial charge >= 0.3 is 0 Å². The predicted octanol–water partition coefficient (Wildman–Crippen LogP) is 4.84. The van der Waals surface area contributed by atoms with Crippen LogP contribution in [0.15, 0.2) is 41.8 Å². The zero-order valence-electron chi connectivity index (χ0n) is 20.5. The molecule has 182 valence electrons. The van der Waals surface area contributed by atoms with Gasteiger partial charge in [-0.05, 0) is 87.2 Å². The molecule has 2 aliphatic rings. The minimum Gasteiger partial charge on any atom is -0.362 e. The van der Waals surface area contributed by atoms with E-state index in [9.17, 15) is 0 Å². The molecule has 7 heteroatoms. The normalized spacial score (nSPS) is 23.4. The molecule has 0 spiro atoms. The number of benzene rings is 1. The lowest BCUT2D eigenvalue weighted by atomic mass is 9.86. The summed E-state index contributed by atoms with van der Waals surface area (Å²) in [4.78, 5) is 15.8. The van der Waals surface area contributed by atoms with Gasteiger partial charge in [-0.15, -0.1) is 11.3 Å². The van der Waals surface area contributed by atoms with Crippen molar-refractivity contribution in [2.24, 2.45) is 11.8 Å².